The molecule has 14 heavy (non-hydrogen) atoms. The minimum Gasteiger partial charge on any atom is -0.377 e. The molecule has 0 unspecified atom stereocenters. The zero-order valence-electron chi connectivity index (χ0n) is 9.88. The standard InChI is InChI=1S/C12H25NO/c1-10(2)14-9-8-13-12-6-4-11(3)5-7-12/h10-13H,4-9H2,1-3H3. The van der Waals surface area contributed by atoms with Crippen molar-refractivity contribution in [3.05, 3.63) is 0 Å². The maximum atomic E-state index is 5.49. The first kappa shape index (κ1) is 12.0. The number of ether oxygens (including phenoxy) is 1. The van der Waals surface area contributed by atoms with E-state index in [1.54, 1.807) is 0 Å². The Balaban J connectivity index is 1.96. The zero-order valence-corrected chi connectivity index (χ0v) is 9.88. The van der Waals surface area contributed by atoms with E-state index < -0.39 is 0 Å². The van der Waals surface area contributed by atoms with E-state index in [-0.39, 0.29) is 0 Å². The first-order valence-corrected chi connectivity index (χ1v) is 6.03. The van der Waals surface area contributed by atoms with Gasteiger partial charge in [0.1, 0.15) is 0 Å². The molecule has 0 radical (unpaired) electrons. The fourth-order valence-corrected chi connectivity index (χ4v) is 2.02. The van der Waals surface area contributed by atoms with Gasteiger partial charge in [0.15, 0.2) is 0 Å². The number of hydrogen-bond acceptors (Lipinski definition) is 2. The maximum Gasteiger partial charge on any atom is 0.0594 e. The van der Waals surface area contributed by atoms with E-state index in [4.69, 9.17) is 4.74 Å². The fraction of sp³-hybridized carbons (Fsp3) is 1.00. The van der Waals surface area contributed by atoms with Crippen LogP contribution in [0.15, 0.2) is 0 Å². The van der Waals surface area contributed by atoms with Gasteiger partial charge < -0.3 is 10.1 Å². The molecular weight excluding hydrogens is 174 g/mol. The molecule has 1 saturated carbocycles. The van der Waals surface area contributed by atoms with Crippen LogP contribution in [0.4, 0.5) is 0 Å². The summed E-state index contributed by atoms with van der Waals surface area (Å²) >= 11 is 0. The Morgan fingerprint density at radius 3 is 2.43 bits per heavy atom. The van der Waals surface area contributed by atoms with Gasteiger partial charge in [0, 0.05) is 12.6 Å². The lowest BCUT2D eigenvalue weighted by molar-refractivity contribution is 0.0781. The Morgan fingerprint density at radius 1 is 1.21 bits per heavy atom. The van der Waals surface area contributed by atoms with Gasteiger partial charge in [-0.2, -0.15) is 0 Å². The largest absolute Gasteiger partial charge is 0.377 e. The van der Waals surface area contributed by atoms with E-state index in [2.05, 4.69) is 26.1 Å². The highest BCUT2D eigenvalue weighted by molar-refractivity contribution is 4.74. The second-order valence-corrected chi connectivity index (χ2v) is 4.83. The normalized spacial score (nSPS) is 28.3. The minimum absolute atomic E-state index is 0.364. The summed E-state index contributed by atoms with van der Waals surface area (Å²) < 4.78 is 5.49. The third kappa shape index (κ3) is 4.97. The highest BCUT2D eigenvalue weighted by atomic mass is 16.5. The second kappa shape index (κ2) is 6.41. The molecule has 1 aliphatic rings. The lowest BCUT2D eigenvalue weighted by Gasteiger charge is -2.27. The molecule has 1 aliphatic carbocycles. The number of nitrogens with one attached hydrogen (secondary N) is 1. The maximum absolute atomic E-state index is 5.49. The summed E-state index contributed by atoms with van der Waals surface area (Å²) in [7, 11) is 0. The van der Waals surface area contributed by atoms with Crippen LogP contribution in [-0.2, 0) is 4.74 Å². The van der Waals surface area contributed by atoms with Crippen molar-refractivity contribution in [2.45, 2.75) is 58.6 Å². The van der Waals surface area contributed by atoms with Gasteiger partial charge in [0.2, 0.25) is 0 Å². The summed E-state index contributed by atoms with van der Waals surface area (Å²) in [5.41, 5.74) is 0. The monoisotopic (exact) mass is 199 g/mol. The molecule has 0 aromatic rings. The highest BCUT2D eigenvalue weighted by Gasteiger charge is 2.16. The van der Waals surface area contributed by atoms with E-state index in [0.29, 0.717) is 6.10 Å². The molecular formula is C12H25NO. The van der Waals surface area contributed by atoms with E-state index in [0.717, 1.165) is 25.1 Å². The van der Waals surface area contributed by atoms with Gasteiger partial charge in [-0.05, 0) is 45.4 Å². The van der Waals surface area contributed by atoms with Gasteiger partial charge in [-0.25, -0.2) is 0 Å². The van der Waals surface area contributed by atoms with Crippen LogP contribution in [0.2, 0.25) is 0 Å². The Kier molecular flexibility index (Phi) is 5.49. The van der Waals surface area contributed by atoms with Crippen LogP contribution in [-0.4, -0.2) is 25.3 Å². The quantitative estimate of drug-likeness (QED) is 0.687. The predicted octanol–water partition coefficient (Wildman–Crippen LogP) is 2.58. The van der Waals surface area contributed by atoms with Crippen LogP contribution in [0.3, 0.4) is 0 Å². The lowest BCUT2D eigenvalue weighted by atomic mass is 9.87. The molecule has 2 heteroatoms. The molecule has 0 heterocycles. The van der Waals surface area contributed by atoms with Gasteiger partial charge in [-0.15, -0.1) is 0 Å². The van der Waals surface area contributed by atoms with E-state index in [1.807, 2.05) is 0 Å². The van der Waals surface area contributed by atoms with Crippen molar-refractivity contribution >= 4 is 0 Å². The summed E-state index contributed by atoms with van der Waals surface area (Å²) in [5.74, 6) is 0.944. The van der Waals surface area contributed by atoms with Gasteiger partial charge in [0.05, 0.1) is 12.7 Å². The van der Waals surface area contributed by atoms with Gasteiger partial charge in [-0.3, -0.25) is 0 Å². The molecule has 84 valence electrons. The van der Waals surface area contributed by atoms with Crippen LogP contribution in [0.5, 0.6) is 0 Å². The summed E-state index contributed by atoms with van der Waals surface area (Å²) in [6.45, 7) is 8.39. The Morgan fingerprint density at radius 2 is 1.86 bits per heavy atom. The topological polar surface area (TPSA) is 21.3 Å². The Labute approximate surface area is 88.4 Å². The van der Waals surface area contributed by atoms with Gasteiger partial charge >= 0.3 is 0 Å². The van der Waals surface area contributed by atoms with Crippen LogP contribution < -0.4 is 5.32 Å². The number of hydrogen-bond donors (Lipinski definition) is 1. The average molecular weight is 199 g/mol. The summed E-state index contributed by atoms with van der Waals surface area (Å²) in [6.07, 6.45) is 5.85. The molecule has 0 aliphatic heterocycles. The summed E-state index contributed by atoms with van der Waals surface area (Å²) in [5, 5.41) is 3.57. The van der Waals surface area contributed by atoms with Crippen molar-refractivity contribution in [1.82, 2.24) is 5.32 Å². The average Bonchev–Trinajstić information content (AvgIpc) is 2.15. The molecule has 1 fully saturated rings. The summed E-state index contributed by atoms with van der Waals surface area (Å²) in [6, 6.07) is 0.752. The summed E-state index contributed by atoms with van der Waals surface area (Å²) in [4.78, 5) is 0. The first-order valence-electron chi connectivity index (χ1n) is 6.03. The molecule has 0 aromatic carbocycles. The molecule has 0 aromatic heterocycles. The van der Waals surface area contributed by atoms with Gasteiger partial charge in [0.25, 0.3) is 0 Å². The van der Waals surface area contributed by atoms with Crippen LogP contribution in [0.1, 0.15) is 46.5 Å². The van der Waals surface area contributed by atoms with E-state index in [1.165, 1.54) is 25.7 Å². The van der Waals surface area contributed by atoms with Crippen molar-refractivity contribution < 1.29 is 4.74 Å². The van der Waals surface area contributed by atoms with Crippen molar-refractivity contribution in [3.63, 3.8) is 0 Å². The van der Waals surface area contributed by atoms with E-state index in [9.17, 15) is 0 Å². The predicted molar refractivity (Wildman–Crippen MR) is 60.5 cm³/mol. The third-order valence-corrected chi connectivity index (χ3v) is 3.00. The third-order valence-electron chi connectivity index (χ3n) is 3.00. The molecule has 0 bridgehead atoms. The molecule has 2 nitrogen and oxygen atoms in total. The SMILES string of the molecule is CC1CCC(NCCOC(C)C)CC1. The number of rotatable bonds is 5. The molecule has 1 N–H and O–H groups in total. The molecule has 0 spiro atoms. The van der Waals surface area contributed by atoms with E-state index >= 15 is 0 Å². The van der Waals surface area contributed by atoms with Crippen molar-refractivity contribution in [3.8, 4) is 0 Å². The van der Waals surface area contributed by atoms with Crippen molar-refractivity contribution in [2.75, 3.05) is 13.2 Å². The smallest absolute Gasteiger partial charge is 0.0594 e. The minimum atomic E-state index is 0.364. The lowest BCUT2D eigenvalue weighted by Crippen LogP contribution is -2.35. The van der Waals surface area contributed by atoms with Crippen LogP contribution >= 0.6 is 0 Å². The van der Waals surface area contributed by atoms with Crippen LogP contribution in [0.25, 0.3) is 0 Å². The Bertz CT molecular complexity index is 139. The van der Waals surface area contributed by atoms with Gasteiger partial charge in [-0.1, -0.05) is 6.92 Å². The molecule has 0 atom stereocenters. The zero-order chi connectivity index (χ0) is 10.4. The molecule has 0 amide bonds. The first-order chi connectivity index (χ1) is 6.68. The van der Waals surface area contributed by atoms with Crippen molar-refractivity contribution in [2.24, 2.45) is 5.92 Å². The molecule has 1 rings (SSSR count). The fourth-order valence-electron chi connectivity index (χ4n) is 2.02. The Hall–Kier alpha value is -0.0800. The van der Waals surface area contributed by atoms with Crippen molar-refractivity contribution in [1.29, 1.82) is 0 Å². The van der Waals surface area contributed by atoms with Crippen LogP contribution in [0, 0.1) is 5.92 Å². The molecule has 0 saturated heterocycles. The second-order valence-electron chi connectivity index (χ2n) is 4.83. The highest BCUT2D eigenvalue weighted by Crippen LogP contribution is 2.23.